The molecule has 1 aliphatic rings. The molecule has 0 aromatic rings. The molecule has 70 valence electrons. The van der Waals surface area contributed by atoms with Crippen LogP contribution in [0.15, 0.2) is 0 Å². The lowest BCUT2D eigenvalue weighted by Crippen LogP contribution is -2.23. The number of hydrogen-bond donors (Lipinski definition) is 0. The summed E-state index contributed by atoms with van der Waals surface area (Å²) in [6.45, 7) is 3.72. The zero-order valence-corrected chi connectivity index (χ0v) is 8.01. The molecule has 0 radical (unpaired) electrons. The number of esters is 1. The molecule has 1 aliphatic carbocycles. The number of hydrogen-bond acceptors (Lipinski definition) is 2. The zero-order chi connectivity index (χ0) is 8.97. The average Bonchev–Trinajstić information content (AvgIpc) is 2.05. The summed E-state index contributed by atoms with van der Waals surface area (Å²) in [5, 5.41) is 0. The first-order chi connectivity index (χ1) is 5.72. The summed E-state index contributed by atoms with van der Waals surface area (Å²) in [6, 6.07) is 0. The Labute approximate surface area is 74.3 Å². The number of ether oxygens (including phenoxy) is 1. The molecule has 0 spiro atoms. The van der Waals surface area contributed by atoms with Gasteiger partial charge in [0.1, 0.15) is 6.10 Å². The van der Waals surface area contributed by atoms with E-state index in [0.29, 0.717) is 0 Å². The molecule has 1 saturated carbocycles. The highest BCUT2D eigenvalue weighted by Crippen LogP contribution is 2.28. The van der Waals surface area contributed by atoms with Gasteiger partial charge in [0.2, 0.25) is 0 Å². The minimum atomic E-state index is -0.130. The lowest BCUT2D eigenvalue weighted by molar-refractivity contribution is -0.148. The molecule has 0 aliphatic heterocycles. The number of carbonyl (C=O) groups is 1. The molecule has 2 heteroatoms. The minimum absolute atomic E-state index is 0.130. The molecule has 0 unspecified atom stereocenters. The highest BCUT2D eigenvalue weighted by atomic mass is 16.5. The summed E-state index contributed by atoms with van der Waals surface area (Å²) < 4.78 is 5.15. The van der Waals surface area contributed by atoms with E-state index < -0.39 is 0 Å². The van der Waals surface area contributed by atoms with Gasteiger partial charge in [0.15, 0.2) is 0 Å². The van der Waals surface area contributed by atoms with Gasteiger partial charge in [0.05, 0.1) is 0 Å². The van der Waals surface area contributed by atoms with Crippen molar-refractivity contribution in [1.29, 1.82) is 0 Å². The normalized spacial score (nSPS) is 29.8. The van der Waals surface area contributed by atoms with Crippen molar-refractivity contribution in [3.05, 3.63) is 0 Å². The molecule has 0 N–H and O–H groups in total. The van der Waals surface area contributed by atoms with Crippen LogP contribution in [0.3, 0.4) is 0 Å². The predicted octanol–water partition coefficient (Wildman–Crippen LogP) is 2.52. The van der Waals surface area contributed by atoms with Gasteiger partial charge in [0, 0.05) is 6.92 Å². The Bertz CT molecular complexity index is 146. The third kappa shape index (κ3) is 2.84. The first kappa shape index (κ1) is 9.56. The SMILES string of the molecule is CCC1CCC(OC(C)=O)CC1. The average molecular weight is 170 g/mol. The van der Waals surface area contributed by atoms with Crippen LogP contribution < -0.4 is 0 Å². The van der Waals surface area contributed by atoms with Gasteiger partial charge in [0.25, 0.3) is 0 Å². The topological polar surface area (TPSA) is 26.3 Å². The van der Waals surface area contributed by atoms with Crippen molar-refractivity contribution < 1.29 is 9.53 Å². The van der Waals surface area contributed by atoms with E-state index >= 15 is 0 Å². The van der Waals surface area contributed by atoms with Crippen molar-refractivity contribution in [3.8, 4) is 0 Å². The van der Waals surface area contributed by atoms with Gasteiger partial charge in [-0.25, -0.2) is 0 Å². The second-order valence-corrected chi connectivity index (χ2v) is 3.66. The first-order valence-corrected chi connectivity index (χ1v) is 4.89. The first-order valence-electron chi connectivity index (χ1n) is 4.89. The zero-order valence-electron chi connectivity index (χ0n) is 8.01. The molecule has 0 bridgehead atoms. The van der Waals surface area contributed by atoms with Crippen LogP contribution in [-0.4, -0.2) is 12.1 Å². The van der Waals surface area contributed by atoms with E-state index in [1.807, 2.05) is 0 Å². The fourth-order valence-electron chi connectivity index (χ4n) is 1.89. The Kier molecular flexibility index (Phi) is 3.57. The third-order valence-corrected chi connectivity index (χ3v) is 2.70. The fourth-order valence-corrected chi connectivity index (χ4v) is 1.89. The summed E-state index contributed by atoms with van der Waals surface area (Å²) in [4.78, 5) is 10.6. The largest absolute Gasteiger partial charge is 0.463 e. The Morgan fingerprint density at radius 3 is 2.33 bits per heavy atom. The molecule has 0 atom stereocenters. The van der Waals surface area contributed by atoms with Crippen LogP contribution in [0.2, 0.25) is 0 Å². The molecule has 1 rings (SSSR count). The Morgan fingerprint density at radius 1 is 1.33 bits per heavy atom. The van der Waals surface area contributed by atoms with Gasteiger partial charge in [-0.05, 0) is 31.6 Å². The molecule has 1 fully saturated rings. The second kappa shape index (κ2) is 4.48. The second-order valence-electron chi connectivity index (χ2n) is 3.66. The molecule has 0 aromatic heterocycles. The lowest BCUT2D eigenvalue weighted by atomic mass is 9.86. The van der Waals surface area contributed by atoms with E-state index in [1.165, 1.54) is 26.2 Å². The van der Waals surface area contributed by atoms with Crippen LogP contribution in [0.1, 0.15) is 46.0 Å². The molecule has 0 saturated heterocycles. The summed E-state index contributed by atoms with van der Waals surface area (Å²) in [5.41, 5.74) is 0. The van der Waals surface area contributed by atoms with Crippen LogP contribution in [0, 0.1) is 5.92 Å². The smallest absolute Gasteiger partial charge is 0.302 e. The van der Waals surface area contributed by atoms with Crippen molar-refractivity contribution in [3.63, 3.8) is 0 Å². The Balaban J connectivity index is 2.21. The summed E-state index contributed by atoms with van der Waals surface area (Å²) in [5.74, 6) is 0.742. The van der Waals surface area contributed by atoms with Crippen molar-refractivity contribution in [2.24, 2.45) is 5.92 Å². The number of carbonyl (C=O) groups excluding carboxylic acids is 1. The van der Waals surface area contributed by atoms with Gasteiger partial charge in [-0.3, -0.25) is 4.79 Å². The van der Waals surface area contributed by atoms with Crippen LogP contribution in [0.4, 0.5) is 0 Å². The summed E-state index contributed by atoms with van der Waals surface area (Å²) in [6.07, 6.45) is 6.08. The molecule has 0 heterocycles. The van der Waals surface area contributed by atoms with E-state index in [-0.39, 0.29) is 12.1 Å². The monoisotopic (exact) mass is 170 g/mol. The van der Waals surface area contributed by atoms with Gasteiger partial charge in [-0.2, -0.15) is 0 Å². The van der Waals surface area contributed by atoms with Crippen molar-refractivity contribution in [1.82, 2.24) is 0 Å². The summed E-state index contributed by atoms with van der Waals surface area (Å²) >= 11 is 0. The van der Waals surface area contributed by atoms with Crippen molar-refractivity contribution in [2.45, 2.75) is 52.1 Å². The van der Waals surface area contributed by atoms with Crippen LogP contribution in [0.25, 0.3) is 0 Å². The van der Waals surface area contributed by atoms with E-state index in [4.69, 9.17) is 4.74 Å². The van der Waals surface area contributed by atoms with E-state index in [0.717, 1.165) is 18.8 Å². The van der Waals surface area contributed by atoms with Crippen molar-refractivity contribution in [2.75, 3.05) is 0 Å². The van der Waals surface area contributed by atoms with Crippen LogP contribution in [-0.2, 0) is 9.53 Å². The lowest BCUT2D eigenvalue weighted by Gasteiger charge is -2.27. The van der Waals surface area contributed by atoms with Crippen LogP contribution in [0.5, 0.6) is 0 Å². The molecule has 0 amide bonds. The Morgan fingerprint density at radius 2 is 1.92 bits per heavy atom. The molecular weight excluding hydrogens is 152 g/mol. The maximum Gasteiger partial charge on any atom is 0.302 e. The standard InChI is InChI=1S/C10H18O2/c1-3-9-4-6-10(7-5-9)12-8(2)11/h9-10H,3-7H2,1-2H3. The quantitative estimate of drug-likeness (QED) is 0.595. The van der Waals surface area contributed by atoms with Crippen LogP contribution >= 0.6 is 0 Å². The van der Waals surface area contributed by atoms with E-state index in [1.54, 1.807) is 0 Å². The van der Waals surface area contributed by atoms with Gasteiger partial charge in [-0.1, -0.05) is 13.3 Å². The highest BCUT2D eigenvalue weighted by Gasteiger charge is 2.21. The molecule has 12 heavy (non-hydrogen) atoms. The maximum absolute atomic E-state index is 10.6. The minimum Gasteiger partial charge on any atom is -0.463 e. The maximum atomic E-state index is 10.6. The van der Waals surface area contributed by atoms with Gasteiger partial charge in [-0.15, -0.1) is 0 Å². The molecule has 0 aromatic carbocycles. The van der Waals surface area contributed by atoms with E-state index in [9.17, 15) is 4.79 Å². The van der Waals surface area contributed by atoms with E-state index in [2.05, 4.69) is 6.92 Å². The third-order valence-electron chi connectivity index (χ3n) is 2.70. The summed E-state index contributed by atoms with van der Waals surface area (Å²) in [7, 11) is 0. The van der Waals surface area contributed by atoms with Gasteiger partial charge >= 0.3 is 5.97 Å². The number of rotatable bonds is 2. The molecular formula is C10H18O2. The van der Waals surface area contributed by atoms with Gasteiger partial charge < -0.3 is 4.74 Å². The van der Waals surface area contributed by atoms with Crippen molar-refractivity contribution >= 4 is 5.97 Å². The molecule has 2 nitrogen and oxygen atoms in total. The Hall–Kier alpha value is -0.530. The highest BCUT2D eigenvalue weighted by molar-refractivity contribution is 5.66. The fraction of sp³-hybridized carbons (Fsp3) is 0.900. The predicted molar refractivity (Wildman–Crippen MR) is 47.8 cm³/mol.